The average molecular weight is 208 g/mol. The smallest absolute Gasteiger partial charge is 0.0295 e. The first kappa shape index (κ1) is 11.5. The summed E-state index contributed by atoms with van der Waals surface area (Å²) in [4.78, 5) is 0. The normalized spacial score (nSPS) is 46.6. The van der Waals surface area contributed by atoms with Crippen LogP contribution in [0.3, 0.4) is 0 Å². The van der Waals surface area contributed by atoms with Crippen LogP contribution < -0.4 is 0 Å². The monoisotopic (exact) mass is 208 g/mol. The Balaban J connectivity index is 2.09. The topological polar surface area (TPSA) is 0 Å². The zero-order valence-electron chi connectivity index (χ0n) is 11.1. The lowest BCUT2D eigenvalue weighted by molar-refractivity contribution is -0.00939. The fourth-order valence-corrected chi connectivity index (χ4v) is 4.29. The third kappa shape index (κ3) is 2.10. The van der Waals surface area contributed by atoms with Crippen molar-refractivity contribution in [2.45, 2.75) is 66.2 Å². The van der Waals surface area contributed by atoms with E-state index in [9.17, 15) is 0 Å². The summed E-state index contributed by atoms with van der Waals surface area (Å²) in [5, 5.41) is 0. The summed E-state index contributed by atoms with van der Waals surface area (Å²) < 4.78 is 0. The minimum Gasteiger partial charge on any atom is -0.0625 e. The summed E-state index contributed by atoms with van der Waals surface area (Å²) in [5.41, 5.74) is 0.711. The van der Waals surface area contributed by atoms with Gasteiger partial charge in [0.1, 0.15) is 0 Å². The lowest BCUT2D eigenvalue weighted by Crippen LogP contribution is -2.41. The Kier molecular flexibility index (Phi) is 3.14. The highest BCUT2D eigenvalue weighted by Crippen LogP contribution is 2.54. The van der Waals surface area contributed by atoms with Gasteiger partial charge in [0, 0.05) is 0 Å². The molecule has 0 saturated heterocycles. The molecule has 0 aromatic carbocycles. The van der Waals surface area contributed by atoms with Gasteiger partial charge < -0.3 is 0 Å². The molecule has 0 heterocycles. The third-order valence-corrected chi connectivity index (χ3v) is 5.58. The number of rotatable bonds is 1. The molecule has 0 bridgehead atoms. The van der Waals surface area contributed by atoms with E-state index in [4.69, 9.17) is 0 Å². The van der Waals surface area contributed by atoms with Crippen molar-refractivity contribution in [2.24, 2.45) is 29.1 Å². The van der Waals surface area contributed by atoms with Gasteiger partial charge in [0.2, 0.25) is 0 Å². The fraction of sp³-hybridized carbons (Fsp3) is 1.00. The van der Waals surface area contributed by atoms with Crippen LogP contribution in [0.1, 0.15) is 66.2 Å². The van der Waals surface area contributed by atoms with Gasteiger partial charge in [-0.3, -0.25) is 0 Å². The Morgan fingerprint density at radius 1 is 1.13 bits per heavy atom. The molecule has 0 aliphatic heterocycles. The van der Waals surface area contributed by atoms with Crippen molar-refractivity contribution in [3.05, 3.63) is 0 Å². The maximum Gasteiger partial charge on any atom is -0.0295 e. The molecule has 2 saturated carbocycles. The number of hydrogen-bond donors (Lipinski definition) is 0. The molecular formula is C15H28. The summed E-state index contributed by atoms with van der Waals surface area (Å²) in [6, 6.07) is 0. The van der Waals surface area contributed by atoms with E-state index in [1.165, 1.54) is 38.5 Å². The van der Waals surface area contributed by atoms with E-state index >= 15 is 0 Å². The van der Waals surface area contributed by atoms with Crippen LogP contribution in [0, 0.1) is 29.1 Å². The lowest BCUT2D eigenvalue weighted by atomic mass is 9.54. The molecule has 0 amide bonds. The van der Waals surface area contributed by atoms with E-state index in [-0.39, 0.29) is 0 Å². The van der Waals surface area contributed by atoms with E-state index < -0.39 is 0 Å². The van der Waals surface area contributed by atoms with Crippen molar-refractivity contribution < 1.29 is 0 Å². The van der Waals surface area contributed by atoms with Crippen LogP contribution in [0.25, 0.3) is 0 Å². The van der Waals surface area contributed by atoms with Crippen molar-refractivity contribution in [2.75, 3.05) is 0 Å². The minimum atomic E-state index is 0.711. The van der Waals surface area contributed by atoms with Gasteiger partial charge in [0.25, 0.3) is 0 Å². The quantitative estimate of drug-likeness (QED) is 0.576. The Morgan fingerprint density at radius 2 is 1.87 bits per heavy atom. The molecule has 3 unspecified atom stereocenters. The van der Waals surface area contributed by atoms with E-state index in [1.807, 2.05) is 0 Å². The van der Waals surface area contributed by atoms with Gasteiger partial charge in [0.15, 0.2) is 0 Å². The third-order valence-electron chi connectivity index (χ3n) is 5.58. The molecule has 0 N–H and O–H groups in total. The SMILES string of the molecule is CC(C)C1CCC2(C)CCCC(C)[C@H]2C1. The highest BCUT2D eigenvalue weighted by molar-refractivity contribution is 4.94. The highest BCUT2D eigenvalue weighted by atomic mass is 14.5. The van der Waals surface area contributed by atoms with Crippen LogP contribution in [-0.4, -0.2) is 0 Å². The molecular weight excluding hydrogens is 180 g/mol. The van der Waals surface area contributed by atoms with Gasteiger partial charge in [-0.2, -0.15) is 0 Å². The van der Waals surface area contributed by atoms with E-state index in [2.05, 4.69) is 27.7 Å². The molecule has 0 spiro atoms. The molecule has 4 atom stereocenters. The number of fused-ring (bicyclic) bond motifs is 1. The Bertz CT molecular complexity index is 218. The maximum absolute atomic E-state index is 2.57. The van der Waals surface area contributed by atoms with Crippen LogP contribution in [0.2, 0.25) is 0 Å². The predicted octanol–water partition coefficient (Wildman–Crippen LogP) is 4.89. The first-order valence-corrected chi connectivity index (χ1v) is 7.03. The molecule has 0 nitrogen and oxygen atoms in total. The molecule has 2 rings (SSSR count). The highest BCUT2D eigenvalue weighted by Gasteiger charge is 2.44. The zero-order chi connectivity index (χ0) is 11.1. The Labute approximate surface area is 95.8 Å². The van der Waals surface area contributed by atoms with Gasteiger partial charge in [-0.05, 0) is 54.8 Å². The van der Waals surface area contributed by atoms with E-state index in [0.717, 1.165) is 23.7 Å². The van der Waals surface area contributed by atoms with Crippen molar-refractivity contribution >= 4 is 0 Å². The Hall–Kier alpha value is 0. The zero-order valence-corrected chi connectivity index (χ0v) is 11.1. The van der Waals surface area contributed by atoms with Crippen molar-refractivity contribution in [1.29, 1.82) is 0 Å². The van der Waals surface area contributed by atoms with Crippen LogP contribution in [0.15, 0.2) is 0 Å². The summed E-state index contributed by atoms with van der Waals surface area (Å²) >= 11 is 0. The number of hydrogen-bond acceptors (Lipinski definition) is 0. The molecule has 88 valence electrons. The van der Waals surface area contributed by atoms with E-state index in [0.29, 0.717) is 5.41 Å². The Morgan fingerprint density at radius 3 is 2.53 bits per heavy atom. The van der Waals surface area contributed by atoms with Gasteiger partial charge in [-0.15, -0.1) is 0 Å². The largest absolute Gasteiger partial charge is 0.0625 e. The van der Waals surface area contributed by atoms with Gasteiger partial charge in [0.05, 0.1) is 0 Å². The van der Waals surface area contributed by atoms with Crippen LogP contribution in [-0.2, 0) is 0 Å². The van der Waals surface area contributed by atoms with Gasteiger partial charge in [-0.25, -0.2) is 0 Å². The van der Waals surface area contributed by atoms with Crippen LogP contribution in [0.5, 0.6) is 0 Å². The van der Waals surface area contributed by atoms with Crippen LogP contribution in [0.4, 0.5) is 0 Å². The molecule has 0 aromatic rings. The molecule has 2 aliphatic rings. The minimum absolute atomic E-state index is 0.711. The second kappa shape index (κ2) is 4.11. The second-order valence-electron chi connectivity index (χ2n) is 6.91. The first-order chi connectivity index (χ1) is 7.03. The average Bonchev–Trinajstić information content (AvgIpc) is 2.17. The molecule has 2 fully saturated rings. The second-order valence-corrected chi connectivity index (χ2v) is 6.91. The van der Waals surface area contributed by atoms with Crippen molar-refractivity contribution in [1.82, 2.24) is 0 Å². The molecule has 15 heavy (non-hydrogen) atoms. The summed E-state index contributed by atoms with van der Waals surface area (Å²) in [7, 11) is 0. The van der Waals surface area contributed by atoms with Crippen LogP contribution >= 0.6 is 0 Å². The molecule has 0 radical (unpaired) electrons. The molecule has 2 aliphatic carbocycles. The maximum atomic E-state index is 2.57. The molecule has 0 heteroatoms. The summed E-state index contributed by atoms with van der Waals surface area (Å²) in [6.07, 6.45) is 9.01. The van der Waals surface area contributed by atoms with Gasteiger partial charge >= 0.3 is 0 Å². The lowest BCUT2D eigenvalue weighted by Gasteiger charge is -2.51. The van der Waals surface area contributed by atoms with Crippen molar-refractivity contribution in [3.63, 3.8) is 0 Å². The summed E-state index contributed by atoms with van der Waals surface area (Å²) in [5.74, 6) is 3.95. The van der Waals surface area contributed by atoms with Crippen molar-refractivity contribution in [3.8, 4) is 0 Å². The predicted molar refractivity (Wildman–Crippen MR) is 66.8 cm³/mol. The fourth-order valence-electron chi connectivity index (χ4n) is 4.29. The van der Waals surface area contributed by atoms with Gasteiger partial charge in [-0.1, -0.05) is 40.5 Å². The first-order valence-electron chi connectivity index (χ1n) is 7.03. The van der Waals surface area contributed by atoms with E-state index in [1.54, 1.807) is 0 Å². The molecule has 0 aromatic heterocycles. The summed E-state index contributed by atoms with van der Waals surface area (Å²) in [6.45, 7) is 9.91. The standard InChI is InChI=1S/C15H28/c1-11(2)13-7-9-15(4)8-5-6-12(3)14(15)10-13/h11-14H,5-10H2,1-4H3/t12?,13?,14-,15?/m1/s1.